The Morgan fingerprint density at radius 1 is 0.767 bits per heavy atom. The number of benzene rings is 4. The van der Waals surface area contributed by atoms with E-state index in [1.165, 1.54) is 44.3 Å². The first-order valence-electron chi connectivity index (χ1n) is 15.0. The molecule has 0 radical (unpaired) electrons. The average Bonchev–Trinajstić information content (AvgIpc) is 3.45. The van der Waals surface area contributed by atoms with E-state index in [0.717, 1.165) is 29.1 Å². The molecule has 0 aliphatic heterocycles. The minimum Gasteiger partial charge on any atom is -0.460 e. The van der Waals surface area contributed by atoms with Crippen LogP contribution in [-0.4, -0.2) is 21.4 Å². The molecule has 4 heteroatoms. The van der Waals surface area contributed by atoms with Crippen LogP contribution >= 0.6 is 12.6 Å². The van der Waals surface area contributed by atoms with Gasteiger partial charge in [-0.1, -0.05) is 97.9 Å². The van der Waals surface area contributed by atoms with Crippen molar-refractivity contribution < 1.29 is 14.6 Å². The number of furan rings is 1. The molecule has 4 aromatic carbocycles. The number of aliphatic hydroxyl groups is 2. The predicted molar refractivity (Wildman–Crippen MR) is 181 cm³/mol. The maximum atomic E-state index is 9.10. The molecule has 1 heterocycles. The Morgan fingerprint density at radius 3 is 1.88 bits per heavy atom. The number of hydrogen-bond acceptors (Lipinski definition) is 4. The van der Waals surface area contributed by atoms with E-state index in [1.54, 1.807) is 27.7 Å². The lowest BCUT2D eigenvalue weighted by Gasteiger charge is -2.33. The fraction of sp³-hybridized carbons (Fsp3) is 0.282. The summed E-state index contributed by atoms with van der Waals surface area (Å²) in [6.07, 6.45) is 6.26. The SMILES string of the molecule is CC(C)(O)C(C)(C)O.CC/C=C\Cc1oc2c3c(ccc2c1C)C(c1ccccc1)(c1ccccc1)c1cc(S)ccc1-3. The normalized spacial score (nSPS) is 14.0. The van der Waals surface area contributed by atoms with Gasteiger partial charge >= 0.3 is 0 Å². The number of allylic oxidation sites excluding steroid dienone is 2. The van der Waals surface area contributed by atoms with Gasteiger partial charge in [0, 0.05) is 22.3 Å². The van der Waals surface area contributed by atoms with E-state index in [0.29, 0.717) is 0 Å². The second kappa shape index (κ2) is 11.8. The molecule has 0 bridgehead atoms. The van der Waals surface area contributed by atoms with Gasteiger partial charge in [-0.05, 0) is 86.6 Å². The molecule has 0 saturated carbocycles. The molecule has 1 aromatic heterocycles. The highest BCUT2D eigenvalue weighted by atomic mass is 32.1. The van der Waals surface area contributed by atoms with Gasteiger partial charge in [-0.3, -0.25) is 0 Å². The van der Waals surface area contributed by atoms with Crippen LogP contribution in [0, 0.1) is 6.92 Å². The summed E-state index contributed by atoms with van der Waals surface area (Å²) in [6.45, 7) is 10.6. The van der Waals surface area contributed by atoms with E-state index < -0.39 is 16.6 Å². The third kappa shape index (κ3) is 5.48. The molecule has 3 nitrogen and oxygen atoms in total. The van der Waals surface area contributed by atoms with Crippen LogP contribution in [-0.2, 0) is 11.8 Å². The average molecular weight is 591 g/mol. The predicted octanol–water partition coefficient (Wildman–Crippen LogP) is 9.43. The second-order valence-electron chi connectivity index (χ2n) is 12.4. The zero-order chi connectivity index (χ0) is 31.0. The number of thiol groups is 1. The van der Waals surface area contributed by atoms with Crippen LogP contribution in [0.1, 0.15) is 74.6 Å². The summed E-state index contributed by atoms with van der Waals surface area (Å²) in [5.74, 6) is 1.04. The van der Waals surface area contributed by atoms with E-state index in [9.17, 15) is 0 Å². The molecule has 5 aromatic rings. The summed E-state index contributed by atoms with van der Waals surface area (Å²) >= 11 is 4.78. The third-order valence-corrected chi connectivity index (χ3v) is 9.18. The highest BCUT2D eigenvalue weighted by molar-refractivity contribution is 7.80. The minimum absolute atomic E-state index is 0.441. The van der Waals surface area contributed by atoms with Crippen LogP contribution in [0.2, 0.25) is 0 Å². The maximum absolute atomic E-state index is 9.10. The minimum atomic E-state index is -1.01. The smallest absolute Gasteiger partial charge is 0.142 e. The van der Waals surface area contributed by atoms with Crippen LogP contribution in [0.15, 0.2) is 112 Å². The van der Waals surface area contributed by atoms with Crippen molar-refractivity contribution in [3.8, 4) is 11.1 Å². The summed E-state index contributed by atoms with van der Waals surface area (Å²) in [4.78, 5) is 0.963. The van der Waals surface area contributed by atoms with Gasteiger partial charge in [0.25, 0.3) is 0 Å². The summed E-state index contributed by atoms with van der Waals surface area (Å²) in [7, 11) is 0. The van der Waals surface area contributed by atoms with Crippen LogP contribution in [0.5, 0.6) is 0 Å². The fourth-order valence-electron chi connectivity index (χ4n) is 5.84. The largest absolute Gasteiger partial charge is 0.460 e. The molecule has 1 aliphatic rings. The van der Waals surface area contributed by atoms with Crippen molar-refractivity contribution in [3.63, 3.8) is 0 Å². The van der Waals surface area contributed by atoms with Gasteiger partial charge in [0.2, 0.25) is 0 Å². The lowest BCUT2D eigenvalue weighted by atomic mass is 9.67. The van der Waals surface area contributed by atoms with Crippen molar-refractivity contribution in [1.29, 1.82) is 0 Å². The Kier molecular flexibility index (Phi) is 8.50. The first kappa shape index (κ1) is 30.9. The molecule has 6 rings (SSSR count). The number of hydrogen-bond donors (Lipinski definition) is 3. The topological polar surface area (TPSA) is 53.6 Å². The van der Waals surface area contributed by atoms with Gasteiger partial charge in [-0.25, -0.2) is 0 Å². The summed E-state index contributed by atoms with van der Waals surface area (Å²) in [5, 5.41) is 19.4. The molecule has 2 N–H and O–H groups in total. The fourth-order valence-corrected chi connectivity index (χ4v) is 6.04. The van der Waals surface area contributed by atoms with Crippen molar-refractivity contribution in [2.75, 3.05) is 0 Å². The Morgan fingerprint density at radius 2 is 1.35 bits per heavy atom. The Balaban J connectivity index is 0.000000407. The molecule has 0 saturated heterocycles. The van der Waals surface area contributed by atoms with E-state index in [2.05, 4.69) is 117 Å². The zero-order valence-corrected chi connectivity index (χ0v) is 26.9. The van der Waals surface area contributed by atoms with Crippen LogP contribution < -0.4 is 0 Å². The number of fused-ring (bicyclic) bond motifs is 5. The molecular weight excluding hydrogens is 548 g/mol. The van der Waals surface area contributed by atoms with Crippen molar-refractivity contribution in [1.82, 2.24) is 0 Å². The first-order valence-corrected chi connectivity index (χ1v) is 15.5. The van der Waals surface area contributed by atoms with Crippen LogP contribution in [0.3, 0.4) is 0 Å². The Bertz CT molecular complexity index is 1700. The molecule has 0 amide bonds. The van der Waals surface area contributed by atoms with Gasteiger partial charge in [0.1, 0.15) is 11.3 Å². The summed E-state index contributed by atoms with van der Waals surface area (Å²) in [6, 6.07) is 32.8. The van der Waals surface area contributed by atoms with Crippen LogP contribution in [0.25, 0.3) is 22.1 Å². The lowest BCUT2D eigenvalue weighted by molar-refractivity contribution is -0.107. The summed E-state index contributed by atoms with van der Waals surface area (Å²) in [5.41, 5.74) is 7.20. The van der Waals surface area contributed by atoms with E-state index >= 15 is 0 Å². The lowest BCUT2D eigenvalue weighted by Crippen LogP contribution is -2.44. The third-order valence-electron chi connectivity index (χ3n) is 8.90. The van der Waals surface area contributed by atoms with E-state index in [1.807, 2.05) is 0 Å². The maximum Gasteiger partial charge on any atom is 0.142 e. The van der Waals surface area contributed by atoms with E-state index in [-0.39, 0.29) is 0 Å². The Hall–Kier alpha value is -3.57. The number of aryl methyl sites for hydroxylation is 1. The summed E-state index contributed by atoms with van der Waals surface area (Å²) < 4.78 is 6.67. The van der Waals surface area contributed by atoms with Gasteiger partial charge < -0.3 is 14.6 Å². The van der Waals surface area contributed by atoms with Gasteiger partial charge in [-0.15, -0.1) is 12.6 Å². The monoisotopic (exact) mass is 590 g/mol. The van der Waals surface area contributed by atoms with Crippen molar-refractivity contribution in [2.24, 2.45) is 0 Å². The highest BCUT2D eigenvalue weighted by Gasteiger charge is 2.47. The number of rotatable bonds is 6. The zero-order valence-electron chi connectivity index (χ0n) is 26.0. The van der Waals surface area contributed by atoms with Crippen LogP contribution in [0.4, 0.5) is 0 Å². The highest BCUT2D eigenvalue weighted by Crippen LogP contribution is 2.58. The molecule has 0 spiro atoms. The van der Waals surface area contributed by atoms with Gasteiger partial charge in [0.05, 0.1) is 16.6 Å². The van der Waals surface area contributed by atoms with E-state index in [4.69, 9.17) is 27.3 Å². The quantitative estimate of drug-likeness (QED) is 0.134. The molecule has 0 fully saturated rings. The second-order valence-corrected chi connectivity index (χ2v) is 12.9. The molecule has 0 atom stereocenters. The molecule has 43 heavy (non-hydrogen) atoms. The first-order chi connectivity index (χ1) is 20.4. The molecular formula is C39H42O3S. The molecule has 0 unspecified atom stereocenters. The molecule has 222 valence electrons. The van der Waals surface area contributed by atoms with Gasteiger partial charge in [-0.2, -0.15) is 0 Å². The Labute approximate surface area is 261 Å². The van der Waals surface area contributed by atoms with Gasteiger partial charge in [0.15, 0.2) is 0 Å². The molecule has 1 aliphatic carbocycles. The van der Waals surface area contributed by atoms with Crippen molar-refractivity contribution in [2.45, 2.75) is 75.9 Å². The van der Waals surface area contributed by atoms with Crippen molar-refractivity contribution in [3.05, 3.63) is 137 Å². The standard InChI is InChI=1S/C33H28OS.C6H14O2/c1-3-4-7-16-30-22(2)26-19-20-28-31(32(26)34-30)27-18-17-25(35)21-29(27)33(28,23-12-8-5-9-13-23)24-14-10-6-11-15-24;1-5(2,7)6(3,4)8/h4-15,17-21,35H,3,16H2,1-2H3;7-8H,1-4H3/b7-4-;. The van der Waals surface area contributed by atoms with Crippen molar-refractivity contribution >= 4 is 23.6 Å².